The molecule has 0 aromatic heterocycles. The number of amides is 7. The minimum Gasteiger partial charge on any atom is -0.368 e. The fourth-order valence-corrected chi connectivity index (χ4v) is 6.88. The summed E-state index contributed by atoms with van der Waals surface area (Å²) in [4.78, 5) is 96.6. The van der Waals surface area contributed by atoms with E-state index in [0.717, 1.165) is 11.1 Å². The van der Waals surface area contributed by atoms with Crippen LogP contribution in [0.5, 0.6) is 0 Å². The van der Waals surface area contributed by atoms with Gasteiger partial charge in [-0.05, 0) is 87.9 Å². The summed E-state index contributed by atoms with van der Waals surface area (Å²) in [6, 6.07) is 10.8. The number of rotatable bonds is 28. The second-order valence-corrected chi connectivity index (χ2v) is 16.7. The first kappa shape index (κ1) is 52.7. The molecule has 0 bridgehead atoms. The Hall–Kier alpha value is -5.39. The highest BCUT2D eigenvalue weighted by molar-refractivity contribution is 5.97. The van der Waals surface area contributed by atoms with E-state index in [4.69, 9.17) is 22.9 Å². The lowest BCUT2D eigenvalue weighted by molar-refractivity contribution is -0.141. The molecule has 0 saturated carbocycles. The first-order chi connectivity index (χ1) is 29.4. The van der Waals surface area contributed by atoms with Crippen LogP contribution < -0.4 is 49.5 Å². The maximum absolute atomic E-state index is 14.3. The second kappa shape index (κ2) is 27.5. The third-order valence-electron chi connectivity index (χ3n) is 10.5. The average molecular weight is 865 g/mol. The largest absolute Gasteiger partial charge is 0.368 e. The Bertz CT molecular complexity index is 1730. The van der Waals surface area contributed by atoms with Gasteiger partial charge in [-0.25, -0.2) is 0 Å². The summed E-state index contributed by atoms with van der Waals surface area (Å²) in [5.74, 6) is -4.86. The van der Waals surface area contributed by atoms with Crippen LogP contribution in [0.15, 0.2) is 60.7 Å². The van der Waals surface area contributed by atoms with Crippen LogP contribution in [-0.4, -0.2) is 109 Å². The maximum Gasteiger partial charge on any atom is 0.243 e. The minimum atomic E-state index is -1.18. The van der Waals surface area contributed by atoms with Gasteiger partial charge in [-0.1, -0.05) is 88.4 Å². The Kier molecular flexibility index (Phi) is 23.4. The summed E-state index contributed by atoms with van der Waals surface area (Å²) in [6.07, 6.45) is 3.17. The van der Waals surface area contributed by atoms with E-state index in [-0.39, 0.29) is 38.0 Å². The Balaban J connectivity index is 2.39. The number of benzene rings is 2. The average Bonchev–Trinajstić information content (AvgIpc) is 3.23. The lowest BCUT2D eigenvalue weighted by Crippen LogP contribution is -2.61. The number of nitrogens with zero attached hydrogens (tertiary/aromatic N) is 1. The summed E-state index contributed by atoms with van der Waals surface area (Å²) in [6.45, 7) is 9.53. The zero-order valence-corrected chi connectivity index (χ0v) is 37.4. The number of hydrogen-bond acceptors (Lipinski definition) is 10. The van der Waals surface area contributed by atoms with Crippen LogP contribution in [0.25, 0.3) is 0 Å². The SMILES string of the molecule is CC(C)C[C@@H](NC(=O)[C@H](NC(=O)[C@@H](Cc1ccccc1)NC(=O)[C@@H](Cc1ccccc1)N(C)C(=O)[C@@H](C)N)C(C)C)C(=O)N[C@H](CCCCN)C(=O)N[C@H](CCCCN)C(N)=O. The summed E-state index contributed by atoms with van der Waals surface area (Å²) in [7, 11) is 1.49. The third-order valence-corrected chi connectivity index (χ3v) is 10.5. The van der Waals surface area contributed by atoms with E-state index in [1.54, 1.807) is 38.1 Å². The highest BCUT2D eigenvalue weighted by atomic mass is 16.2. The Labute approximate surface area is 367 Å². The van der Waals surface area contributed by atoms with Gasteiger partial charge in [0.25, 0.3) is 0 Å². The molecule has 13 N–H and O–H groups in total. The van der Waals surface area contributed by atoms with Gasteiger partial charge in [-0.2, -0.15) is 0 Å². The van der Waals surface area contributed by atoms with Crippen molar-refractivity contribution in [1.82, 2.24) is 31.5 Å². The van der Waals surface area contributed by atoms with Gasteiger partial charge < -0.3 is 54.4 Å². The number of carbonyl (C=O) groups excluding carboxylic acids is 7. The number of primary amides is 1. The van der Waals surface area contributed by atoms with E-state index in [1.165, 1.54) is 18.9 Å². The van der Waals surface area contributed by atoms with Gasteiger partial charge in [0.1, 0.15) is 36.3 Å². The Morgan fingerprint density at radius 1 is 0.565 bits per heavy atom. The normalized spacial score (nSPS) is 14.6. The summed E-state index contributed by atoms with van der Waals surface area (Å²) >= 11 is 0. The molecule has 62 heavy (non-hydrogen) atoms. The molecular weight excluding hydrogens is 793 g/mol. The van der Waals surface area contributed by atoms with Crippen LogP contribution in [0.1, 0.15) is 90.7 Å². The quantitative estimate of drug-likeness (QED) is 0.0535. The molecule has 0 heterocycles. The predicted octanol–water partition coefficient (Wildman–Crippen LogP) is 0.515. The molecule has 0 spiro atoms. The van der Waals surface area contributed by atoms with Gasteiger partial charge in [0, 0.05) is 19.9 Å². The standard InChI is InChI=1S/C45H72N10O7/c1-28(2)25-35(41(58)51-34(22-14-16-24-47)40(57)50-33(39(49)56)21-13-15-23-46)53-44(61)38(29(3)4)54-42(59)36(26-31-17-9-7-10-18-31)52-43(60)37(55(6)45(62)30(5)48)27-32-19-11-8-12-20-32/h7-12,17-20,28-30,33-38H,13-16,21-27,46-48H2,1-6H3,(H2,49,56)(H,50,57)(H,51,58)(H,52,60)(H,53,61)(H,54,59)/t30-,33-,34-,35-,36-,37-,38-/m1/s1. The van der Waals surface area contributed by atoms with Crippen molar-refractivity contribution in [3.8, 4) is 0 Å². The van der Waals surface area contributed by atoms with Gasteiger partial charge in [0.2, 0.25) is 41.4 Å². The van der Waals surface area contributed by atoms with Crippen LogP contribution in [0.2, 0.25) is 0 Å². The fourth-order valence-electron chi connectivity index (χ4n) is 6.88. The lowest BCUT2D eigenvalue weighted by atomic mass is 9.98. The number of unbranched alkanes of at least 4 members (excludes halogenated alkanes) is 2. The molecule has 2 aromatic carbocycles. The van der Waals surface area contributed by atoms with Gasteiger partial charge in [0.05, 0.1) is 6.04 Å². The van der Waals surface area contributed by atoms with Gasteiger partial charge in [0.15, 0.2) is 0 Å². The van der Waals surface area contributed by atoms with Gasteiger partial charge in [-0.3, -0.25) is 33.6 Å². The van der Waals surface area contributed by atoms with Crippen molar-refractivity contribution in [2.24, 2.45) is 34.8 Å². The molecule has 0 aliphatic rings. The molecule has 0 fully saturated rings. The fraction of sp³-hybridized carbons (Fsp3) is 0.578. The molecule has 2 aromatic rings. The first-order valence-electron chi connectivity index (χ1n) is 21.7. The topological polar surface area (TPSA) is 287 Å². The van der Waals surface area contributed by atoms with E-state index in [2.05, 4.69) is 26.6 Å². The van der Waals surface area contributed by atoms with Gasteiger partial charge >= 0.3 is 0 Å². The van der Waals surface area contributed by atoms with Crippen molar-refractivity contribution >= 4 is 41.4 Å². The molecular formula is C45H72N10O7. The third kappa shape index (κ3) is 18.3. The van der Waals surface area contributed by atoms with Crippen LogP contribution in [0.4, 0.5) is 0 Å². The molecule has 7 atom stereocenters. The molecule has 2 rings (SSSR count). The smallest absolute Gasteiger partial charge is 0.243 e. The van der Waals surface area contributed by atoms with E-state index in [9.17, 15) is 33.6 Å². The number of carbonyl (C=O) groups is 7. The summed E-state index contributed by atoms with van der Waals surface area (Å²) < 4.78 is 0. The van der Waals surface area contributed by atoms with Crippen LogP contribution in [-0.2, 0) is 46.4 Å². The molecule has 0 aliphatic carbocycles. The van der Waals surface area contributed by atoms with Crippen LogP contribution in [0, 0.1) is 11.8 Å². The second-order valence-electron chi connectivity index (χ2n) is 16.7. The zero-order valence-electron chi connectivity index (χ0n) is 37.4. The minimum absolute atomic E-state index is 0.0590. The van der Waals surface area contributed by atoms with Crippen LogP contribution >= 0.6 is 0 Å². The first-order valence-corrected chi connectivity index (χ1v) is 21.7. The molecule has 0 unspecified atom stereocenters. The molecule has 7 amide bonds. The Morgan fingerprint density at radius 2 is 1.02 bits per heavy atom. The van der Waals surface area contributed by atoms with Crippen LogP contribution in [0.3, 0.4) is 0 Å². The molecule has 17 nitrogen and oxygen atoms in total. The highest BCUT2D eigenvalue weighted by Crippen LogP contribution is 2.14. The zero-order chi connectivity index (χ0) is 46.4. The van der Waals surface area contributed by atoms with Crippen molar-refractivity contribution in [3.05, 3.63) is 71.8 Å². The van der Waals surface area contributed by atoms with Crippen molar-refractivity contribution < 1.29 is 33.6 Å². The van der Waals surface area contributed by atoms with Crippen molar-refractivity contribution in [2.75, 3.05) is 20.1 Å². The number of nitrogens with one attached hydrogen (secondary N) is 5. The predicted molar refractivity (Wildman–Crippen MR) is 239 cm³/mol. The Morgan fingerprint density at radius 3 is 1.50 bits per heavy atom. The molecule has 0 saturated heterocycles. The van der Waals surface area contributed by atoms with Crippen molar-refractivity contribution in [3.63, 3.8) is 0 Å². The monoisotopic (exact) mass is 865 g/mol. The molecule has 0 radical (unpaired) electrons. The van der Waals surface area contributed by atoms with Crippen molar-refractivity contribution in [2.45, 2.75) is 135 Å². The maximum atomic E-state index is 14.3. The van der Waals surface area contributed by atoms with Crippen molar-refractivity contribution in [1.29, 1.82) is 0 Å². The molecule has 0 aliphatic heterocycles. The summed E-state index contributed by atoms with van der Waals surface area (Å²) in [5, 5.41) is 13.9. The lowest BCUT2D eigenvalue weighted by Gasteiger charge is -2.31. The number of likely N-dealkylation sites (N-methyl/N-ethyl adjacent to an activating group) is 1. The molecule has 17 heteroatoms. The summed E-state index contributed by atoms with van der Waals surface area (Å²) in [5.41, 5.74) is 24.3. The highest BCUT2D eigenvalue weighted by Gasteiger charge is 2.36. The molecule has 344 valence electrons. The number of hydrogen-bond donors (Lipinski definition) is 9. The van der Waals surface area contributed by atoms with E-state index >= 15 is 0 Å². The van der Waals surface area contributed by atoms with E-state index in [0.29, 0.717) is 38.8 Å². The van der Waals surface area contributed by atoms with E-state index < -0.39 is 89.6 Å². The van der Waals surface area contributed by atoms with Gasteiger partial charge in [-0.15, -0.1) is 0 Å². The van der Waals surface area contributed by atoms with E-state index in [1.807, 2.05) is 50.2 Å². The number of nitrogens with two attached hydrogens (primary N) is 4.